The largest absolute Gasteiger partial charge is 0.493 e. The first-order chi connectivity index (χ1) is 16.5. The molecule has 7 heteroatoms. The molecule has 1 saturated carbocycles. The first kappa shape index (κ1) is 23.0. The van der Waals surface area contributed by atoms with Crippen molar-refractivity contribution in [3.63, 3.8) is 0 Å². The van der Waals surface area contributed by atoms with E-state index in [2.05, 4.69) is 18.2 Å². The van der Waals surface area contributed by atoms with E-state index >= 15 is 0 Å². The van der Waals surface area contributed by atoms with E-state index in [1.54, 1.807) is 30.3 Å². The number of allylic oxidation sites excluding steroid dienone is 2. The van der Waals surface area contributed by atoms with Gasteiger partial charge in [-0.1, -0.05) is 24.3 Å². The molecule has 0 saturated heterocycles. The molecule has 2 aliphatic carbocycles. The molecule has 1 fully saturated rings. The Bertz CT molecular complexity index is 1270. The highest BCUT2D eigenvalue weighted by molar-refractivity contribution is 6.00. The number of hydrogen-bond donors (Lipinski definition) is 1. The fraction of sp³-hybridized carbons (Fsp3) is 0.333. The molecule has 0 heterocycles. The van der Waals surface area contributed by atoms with Gasteiger partial charge < -0.3 is 14.9 Å². The minimum absolute atomic E-state index is 0.140. The van der Waals surface area contributed by atoms with E-state index in [1.165, 1.54) is 19.2 Å². The lowest BCUT2D eigenvalue weighted by molar-refractivity contribution is 0.282. The van der Waals surface area contributed by atoms with Gasteiger partial charge in [0.2, 0.25) is 0 Å². The highest BCUT2D eigenvalue weighted by Gasteiger charge is 2.57. The molecule has 0 bridgehead atoms. The summed E-state index contributed by atoms with van der Waals surface area (Å²) in [5.74, 6) is -1.17. The molecular formula is C27H23FN4O2. The van der Waals surface area contributed by atoms with Crippen molar-refractivity contribution in [2.45, 2.75) is 31.8 Å². The summed E-state index contributed by atoms with van der Waals surface area (Å²) in [6, 6.07) is 17.7. The number of fused-ring (bicyclic) bond motifs is 1. The van der Waals surface area contributed by atoms with Crippen molar-refractivity contribution >= 4 is 5.71 Å². The van der Waals surface area contributed by atoms with Crippen LogP contribution in [0.5, 0.6) is 11.5 Å². The quantitative estimate of drug-likeness (QED) is 0.605. The molecule has 3 atom stereocenters. The average Bonchev–Trinajstić information content (AvgIpc) is 2.87. The maximum absolute atomic E-state index is 13.5. The van der Waals surface area contributed by atoms with Crippen LogP contribution in [-0.2, 0) is 6.61 Å². The predicted molar refractivity (Wildman–Crippen MR) is 122 cm³/mol. The van der Waals surface area contributed by atoms with Crippen LogP contribution < -0.4 is 9.47 Å². The lowest BCUT2D eigenvalue weighted by atomic mass is 9.53. The Labute approximate surface area is 198 Å². The number of hydrogen-bond acceptors (Lipinski definition) is 6. The summed E-state index contributed by atoms with van der Waals surface area (Å²) in [6.07, 6.45) is 4.42. The van der Waals surface area contributed by atoms with Crippen molar-refractivity contribution in [2.75, 3.05) is 7.11 Å². The Hall–Kier alpha value is -4.15. The maximum atomic E-state index is 13.5. The van der Waals surface area contributed by atoms with Crippen LogP contribution in [0, 0.1) is 62.5 Å². The minimum atomic E-state index is -1.76. The minimum Gasteiger partial charge on any atom is -0.493 e. The third-order valence-corrected chi connectivity index (χ3v) is 6.76. The number of methoxy groups -OCH3 is 1. The molecule has 0 spiro atoms. The number of benzene rings is 2. The van der Waals surface area contributed by atoms with Crippen LogP contribution in [0.15, 0.2) is 54.1 Å². The number of rotatable bonds is 5. The molecule has 0 radical (unpaired) electrons. The van der Waals surface area contributed by atoms with Crippen LogP contribution in [0.1, 0.15) is 36.3 Å². The van der Waals surface area contributed by atoms with E-state index in [9.17, 15) is 20.2 Å². The van der Waals surface area contributed by atoms with E-state index in [-0.39, 0.29) is 24.1 Å². The van der Waals surface area contributed by atoms with Gasteiger partial charge in [0, 0.05) is 5.92 Å². The smallest absolute Gasteiger partial charge is 0.189 e. The molecule has 6 nitrogen and oxygen atoms in total. The molecule has 170 valence electrons. The molecule has 0 aromatic heterocycles. The molecule has 2 aliphatic rings. The summed E-state index contributed by atoms with van der Waals surface area (Å²) < 4.78 is 24.9. The lowest BCUT2D eigenvalue weighted by Crippen LogP contribution is -2.48. The maximum Gasteiger partial charge on any atom is 0.189 e. The number of halogens is 1. The summed E-state index contributed by atoms with van der Waals surface area (Å²) in [4.78, 5) is 0. The number of ether oxygens (including phenoxy) is 2. The zero-order valence-electron chi connectivity index (χ0n) is 18.7. The van der Waals surface area contributed by atoms with Gasteiger partial charge in [-0.15, -0.1) is 0 Å². The molecule has 0 amide bonds. The van der Waals surface area contributed by atoms with Gasteiger partial charge in [0.05, 0.1) is 31.0 Å². The summed E-state index contributed by atoms with van der Waals surface area (Å²) in [5, 5.41) is 38.7. The van der Waals surface area contributed by atoms with E-state index in [1.807, 2.05) is 6.08 Å². The van der Waals surface area contributed by atoms with Gasteiger partial charge in [0.15, 0.2) is 16.9 Å². The summed E-state index contributed by atoms with van der Waals surface area (Å²) in [5.41, 5.74) is 0.251. The lowest BCUT2D eigenvalue weighted by Gasteiger charge is -2.45. The van der Waals surface area contributed by atoms with E-state index in [0.29, 0.717) is 22.6 Å². The highest BCUT2D eigenvalue weighted by atomic mass is 19.1. The first-order valence-corrected chi connectivity index (χ1v) is 11.0. The normalized spacial score (nSPS) is 22.9. The van der Waals surface area contributed by atoms with E-state index in [4.69, 9.17) is 14.9 Å². The van der Waals surface area contributed by atoms with Crippen LogP contribution in [-0.4, -0.2) is 12.8 Å². The second kappa shape index (κ2) is 9.38. The monoisotopic (exact) mass is 454 g/mol. The molecule has 0 aliphatic heterocycles. The molecule has 2 aromatic carbocycles. The molecule has 1 N–H and O–H groups in total. The Morgan fingerprint density at radius 3 is 2.59 bits per heavy atom. The predicted octanol–water partition coefficient (Wildman–Crippen LogP) is 5.43. The molecule has 0 unspecified atom stereocenters. The molecule has 2 aromatic rings. The van der Waals surface area contributed by atoms with Crippen molar-refractivity contribution < 1.29 is 13.9 Å². The zero-order valence-corrected chi connectivity index (χ0v) is 18.7. The number of nitriles is 3. The van der Waals surface area contributed by atoms with Gasteiger partial charge in [-0.2, -0.15) is 15.8 Å². The first-order valence-electron chi connectivity index (χ1n) is 11.0. The molecule has 34 heavy (non-hydrogen) atoms. The summed E-state index contributed by atoms with van der Waals surface area (Å²) >= 11 is 0. The van der Waals surface area contributed by atoms with Crippen LogP contribution in [0.2, 0.25) is 0 Å². The van der Waals surface area contributed by atoms with Gasteiger partial charge in [0.1, 0.15) is 18.3 Å². The zero-order chi connectivity index (χ0) is 24.3. The number of nitrogens with one attached hydrogen (secondary N) is 1. The van der Waals surface area contributed by atoms with Gasteiger partial charge in [-0.3, -0.25) is 0 Å². The van der Waals surface area contributed by atoms with Gasteiger partial charge in [-0.25, -0.2) is 4.39 Å². The third-order valence-electron chi connectivity index (χ3n) is 6.76. The van der Waals surface area contributed by atoms with Crippen molar-refractivity contribution in [1.82, 2.24) is 0 Å². The van der Waals surface area contributed by atoms with Crippen LogP contribution in [0.4, 0.5) is 4.39 Å². The number of nitrogens with zero attached hydrogens (tertiary/aromatic N) is 3. The second-order valence-corrected chi connectivity index (χ2v) is 8.56. The second-order valence-electron chi connectivity index (χ2n) is 8.56. The topological polar surface area (TPSA) is 114 Å². The van der Waals surface area contributed by atoms with E-state index < -0.39 is 17.3 Å². The van der Waals surface area contributed by atoms with Gasteiger partial charge in [-0.05, 0) is 66.1 Å². The highest BCUT2D eigenvalue weighted by Crippen LogP contribution is 2.55. The van der Waals surface area contributed by atoms with Crippen LogP contribution in [0.25, 0.3) is 0 Å². The average molecular weight is 455 g/mol. The Morgan fingerprint density at radius 2 is 1.91 bits per heavy atom. The Kier molecular flexibility index (Phi) is 6.35. The standard InChI is InChI=1S/C27H23FN4O2/c1-33-24-12-18(9-10-23(24)34-14-17-5-4-6-19(28)11-17)25-21-8-3-2-7-20(21)22(13-29)26(32)27(25,15-30)16-31/h4-7,9-12,21-22,25,32H,2-3,8,14H2,1H3/t21-,22-,25+/m0/s1. The SMILES string of the molecule is COc1cc([C@@H]2[C@H]3CCCC=C3[C@H](C#N)C(=N)C2(C#N)C#N)ccc1OCc1cccc(F)c1. The fourth-order valence-electron chi connectivity index (χ4n) is 5.17. The third kappa shape index (κ3) is 3.78. The van der Waals surface area contributed by atoms with Crippen molar-refractivity contribution in [3.05, 3.63) is 71.1 Å². The Balaban J connectivity index is 1.74. The van der Waals surface area contributed by atoms with Crippen molar-refractivity contribution in [1.29, 1.82) is 21.2 Å². The summed E-state index contributed by atoms with van der Waals surface area (Å²) in [6.45, 7) is 0.140. The van der Waals surface area contributed by atoms with E-state index in [0.717, 1.165) is 24.8 Å². The Morgan fingerprint density at radius 1 is 1.12 bits per heavy atom. The van der Waals surface area contributed by atoms with Crippen LogP contribution >= 0.6 is 0 Å². The fourth-order valence-corrected chi connectivity index (χ4v) is 5.17. The summed E-state index contributed by atoms with van der Waals surface area (Å²) in [7, 11) is 1.50. The van der Waals surface area contributed by atoms with Crippen molar-refractivity contribution in [2.24, 2.45) is 17.3 Å². The van der Waals surface area contributed by atoms with Gasteiger partial charge in [0.25, 0.3) is 0 Å². The molecule has 4 rings (SSSR count). The van der Waals surface area contributed by atoms with Crippen LogP contribution in [0.3, 0.4) is 0 Å². The van der Waals surface area contributed by atoms with Gasteiger partial charge >= 0.3 is 0 Å². The van der Waals surface area contributed by atoms with Crippen molar-refractivity contribution in [3.8, 4) is 29.7 Å². The molecular weight excluding hydrogens is 431 g/mol.